The molecule has 13 heavy (non-hydrogen) atoms. The molecule has 0 atom stereocenters. The zero-order valence-corrected chi connectivity index (χ0v) is 8.71. The van der Waals surface area contributed by atoms with Crippen LogP contribution in [0.3, 0.4) is 0 Å². The van der Waals surface area contributed by atoms with Crippen molar-refractivity contribution in [3.05, 3.63) is 33.8 Å². The monoisotopic (exact) mass is 239 g/mol. The fourth-order valence-corrected chi connectivity index (χ4v) is 2.32. The molecule has 1 aromatic rings. The summed E-state index contributed by atoms with van der Waals surface area (Å²) >= 11 is 3.50. The van der Waals surface area contributed by atoms with Gasteiger partial charge in [0.25, 0.3) is 0 Å². The number of nitrogens with zero attached hydrogens (tertiary/aromatic N) is 1. The Hall–Kier alpha value is -0.830. The molecule has 1 aliphatic carbocycles. The molecule has 0 saturated carbocycles. The van der Waals surface area contributed by atoms with E-state index >= 15 is 0 Å². The van der Waals surface area contributed by atoms with Gasteiger partial charge >= 0.3 is 0 Å². The van der Waals surface area contributed by atoms with Crippen LogP contribution in [0.2, 0.25) is 0 Å². The predicted molar refractivity (Wildman–Crippen MR) is 55.4 cm³/mol. The summed E-state index contributed by atoms with van der Waals surface area (Å²) in [6, 6.07) is 6.01. The van der Waals surface area contributed by atoms with E-state index in [0.29, 0.717) is 0 Å². The first kappa shape index (κ1) is 8.75. The van der Waals surface area contributed by atoms with Gasteiger partial charge in [-0.25, -0.2) is 0 Å². The van der Waals surface area contributed by atoms with Gasteiger partial charge in [0.15, 0.2) is 0 Å². The number of benzene rings is 1. The minimum Gasteiger partial charge on any atom is -0.411 e. The van der Waals surface area contributed by atoms with Crippen LogP contribution in [0.1, 0.15) is 24.0 Å². The molecule has 1 N–H and O–H groups in total. The summed E-state index contributed by atoms with van der Waals surface area (Å²) in [6.07, 6.45) is 3.00. The smallest absolute Gasteiger partial charge is 0.0871 e. The number of fused-ring (bicyclic) bond motifs is 1. The maximum atomic E-state index is 8.80. The van der Waals surface area contributed by atoms with Crippen LogP contribution in [0.5, 0.6) is 0 Å². The van der Waals surface area contributed by atoms with Crippen LogP contribution in [-0.4, -0.2) is 10.9 Å². The third kappa shape index (κ3) is 1.48. The molecule has 0 radical (unpaired) electrons. The summed E-state index contributed by atoms with van der Waals surface area (Å²) in [7, 11) is 0. The summed E-state index contributed by atoms with van der Waals surface area (Å²) in [5.41, 5.74) is 3.16. The lowest BCUT2D eigenvalue weighted by Gasteiger charge is -2.17. The first-order chi connectivity index (χ1) is 6.33. The minimum atomic E-state index is 0.808. The fraction of sp³-hybridized carbons (Fsp3) is 0.300. The molecular weight excluding hydrogens is 230 g/mol. The molecule has 0 unspecified atom stereocenters. The number of hydrogen-bond donors (Lipinski definition) is 1. The van der Waals surface area contributed by atoms with Crippen molar-refractivity contribution in [3.63, 3.8) is 0 Å². The summed E-state index contributed by atoms with van der Waals surface area (Å²) in [5.74, 6) is 0. The lowest BCUT2D eigenvalue weighted by Crippen LogP contribution is -2.12. The van der Waals surface area contributed by atoms with Gasteiger partial charge in [0.1, 0.15) is 0 Å². The Balaban J connectivity index is 2.58. The first-order valence-corrected chi connectivity index (χ1v) is 5.11. The molecule has 1 aromatic carbocycles. The van der Waals surface area contributed by atoms with E-state index in [1.54, 1.807) is 0 Å². The Bertz CT molecular complexity index is 360. The minimum absolute atomic E-state index is 0.808. The zero-order chi connectivity index (χ0) is 9.26. The van der Waals surface area contributed by atoms with Crippen molar-refractivity contribution in [2.24, 2.45) is 5.16 Å². The molecule has 68 valence electrons. The molecule has 2 nitrogen and oxygen atoms in total. The second kappa shape index (κ2) is 3.50. The van der Waals surface area contributed by atoms with Crippen molar-refractivity contribution in [2.75, 3.05) is 0 Å². The highest BCUT2D eigenvalue weighted by atomic mass is 79.9. The lowest BCUT2D eigenvalue weighted by atomic mass is 9.90. The number of rotatable bonds is 0. The molecule has 0 fully saturated rings. The van der Waals surface area contributed by atoms with E-state index < -0.39 is 0 Å². The molecule has 2 rings (SSSR count). The fourth-order valence-electron chi connectivity index (χ4n) is 1.75. The maximum Gasteiger partial charge on any atom is 0.0871 e. The first-order valence-electron chi connectivity index (χ1n) is 4.31. The lowest BCUT2D eigenvalue weighted by molar-refractivity contribution is 0.317. The summed E-state index contributed by atoms with van der Waals surface area (Å²) in [5, 5.41) is 12.1. The molecule has 1 aliphatic rings. The SMILES string of the molecule is O/N=C1/CCCc2c(Br)cccc21. The largest absolute Gasteiger partial charge is 0.411 e. The highest BCUT2D eigenvalue weighted by Crippen LogP contribution is 2.28. The average Bonchev–Trinajstić information content (AvgIpc) is 2.18. The van der Waals surface area contributed by atoms with Crippen molar-refractivity contribution < 1.29 is 5.21 Å². The van der Waals surface area contributed by atoms with Crippen LogP contribution in [0, 0.1) is 0 Å². The highest BCUT2D eigenvalue weighted by molar-refractivity contribution is 9.10. The van der Waals surface area contributed by atoms with Gasteiger partial charge in [0.2, 0.25) is 0 Å². The van der Waals surface area contributed by atoms with Crippen LogP contribution >= 0.6 is 15.9 Å². The van der Waals surface area contributed by atoms with Gasteiger partial charge in [-0.3, -0.25) is 0 Å². The third-order valence-electron chi connectivity index (χ3n) is 2.39. The van der Waals surface area contributed by atoms with Crippen molar-refractivity contribution in [1.82, 2.24) is 0 Å². The molecule has 0 aliphatic heterocycles. The number of halogens is 1. The third-order valence-corrected chi connectivity index (χ3v) is 3.13. The van der Waals surface area contributed by atoms with Crippen LogP contribution in [0.25, 0.3) is 0 Å². The molecule has 0 amide bonds. The van der Waals surface area contributed by atoms with Gasteiger partial charge in [-0.2, -0.15) is 0 Å². The average molecular weight is 240 g/mol. The number of oxime groups is 1. The van der Waals surface area contributed by atoms with Crippen molar-refractivity contribution in [3.8, 4) is 0 Å². The normalized spacial score (nSPS) is 18.7. The standard InChI is InChI=1S/C10H10BrNO/c11-9-5-1-4-8-7(9)3-2-6-10(8)12-13/h1,4-5,13H,2-3,6H2/b12-10-. The van der Waals surface area contributed by atoms with Crippen molar-refractivity contribution in [2.45, 2.75) is 19.3 Å². The predicted octanol–water partition coefficient (Wildman–Crippen LogP) is 2.96. The van der Waals surface area contributed by atoms with Gasteiger partial charge in [-0.05, 0) is 30.9 Å². The molecule has 0 spiro atoms. The molecule has 0 heterocycles. The second-order valence-electron chi connectivity index (χ2n) is 3.17. The molecule has 0 bridgehead atoms. The van der Waals surface area contributed by atoms with E-state index in [1.165, 1.54) is 5.56 Å². The van der Waals surface area contributed by atoms with E-state index in [1.807, 2.05) is 18.2 Å². The van der Waals surface area contributed by atoms with Crippen LogP contribution in [0.15, 0.2) is 27.8 Å². The van der Waals surface area contributed by atoms with Crippen LogP contribution in [0.4, 0.5) is 0 Å². The highest BCUT2D eigenvalue weighted by Gasteiger charge is 2.17. The van der Waals surface area contributed by atoms with Crippen molar-refractivity contribution >= 4 is 21.6 Å². The zero-order valence-electron chi connectivity index (χ0n) is 7.13. The van der Waals surface area contributed by atoms with Gasteiger partial charge in [-0.1, -0.05) is 33.2 Å². The van der Waals surface area contributed by atoms with Crippen molar-refractivity contribution in [1.29, 1.82) is 0 Å². The Morgan fingerprint density at radius 3 is 2.92 bits per heavy atom. The van der Waals surface area contributed by atoms with Gasteiger partial charge in [0, 0.05) is 10.0 Å². The second-order valence-corrected chi connectivity index (χ2v) is 4.02. The molecular formula is C10H10BrNO. The molecule has 0 saturated heterocycles. The topological polar surface area (TPSA) is 32.6 Å². The van der Waals surface area contributed by atoms with Gasteiger partial charge in [0.05, 0.1) is 5.71 Å². The Morgan fingerprint density at radius 2 is 2.15 bits per heavy atom. The van der Waals surface area contributed by atoms with E-state index in [9.17, 15) is 0 Å². The van der Waals surface area contributed by atoms with E-state index in [-0.39, 0.29) is 0 Å². The molecule has 0 aromatic heterocycles. The summed E-state index contributed by atoms with van der Waals surface area (Å²) in [6.45, 7) is 0. The summed E-state index contributed by atoms with van der Waals surface area (Å²) in [4.78, 5) is 0. The molecule has 3 heteroatoms. The van der Waals surface area contributed by atoms with E-state index in [2.05, 4.69) is 21.1 Å². The van der Waals surface area contributed by atoms with E-state index in [0.717, 1.165) is 35.0 Å². The van der Waals surface area contributed by atoms with Gasteiger partial charge < -0.3 is 5.21 Å². The maximum absolute atomic E-state index is 8.80. The van der Waals surface area contributed by atoms with E-state index in [4.69, 9.17) is 5.21 Å². The Morgan fingerprint density at radius 1 is 1.31 bits per heavy atom. The number of hydrogen-bond acceptors (Lipinski definition) is 2. The summed E-state index contributed by atoms with van der Waals surface area (Å²) < 4.78 is 1.12. The van der Waals surface area contributed by atoms with Crippen LogP contribution in [-0.2, 0) is 6.42 Å². The quantitative estimate of drug-likeness (QED) is 0.548. The Kier molecular flexibility index (Phi) is 2.36. The van der Waals surface area contributed by atoms with Gasteiger partial charge in [-0.15, -0.1) is 0 Å². The van der Waals surface area contributed by atoms with Crippen LogP contribution < -0.4 is 0 Å². The Labute approximate surface area is 85.4 Å².